The van der Waals surface area contributed by atoms with Gasteiger partial charge in [0.1, 0.15) is 5.56 Å². The van der Waals surface area contributed by atoms with E-state index < -0.39 is 5.97 Å². The van der Waals surface area contributed by atoms with Crippen LogP contribution in [0.25, 0.3) is 10.4 Å². The highest BCUT2D eigenvalue weighted by molar-refractivity contribution is 7.10. The summed E-state index contributed by atoms with van der Waals surface area (Å²) in [6.45, 7) is 1.98. The molecule has 1 aromatic heterocycles. The van der Waals surface area contributed by atoms with Crippen LogP contribution >= 0.6 is 23.1 Å². The Kier molecular flexibility index (Phi) is 3.45. The van der Waals surface area contributed by atoms with Gasteiger partial charge in [-0.05, 0) is 29.6 Å². The molecule has 0 N–H and O–H groups in total. The Bertz CT molecular complexity index is 565. The van der Waals surface area contributed by atoms with Crippen LogP contribution in [-0.2, 0) is 4.74 Å². The normalized spacial score (nSPS) is 10.3. The van der Waals surface area contributed by atoms with Gasteiger partial charge in [0.25, 0.3) is 0 Å². The number of esters is 1. The van der Waals surface area contributed by atoms with Gasteiger partial charge in [0, 0.05) is 0 Å². The Labute approximate surface area is 108 Å². The molecule has 0 aliphatic carbocycles. The summed E-state index contributed by atoms with van der Waals surface area (Å²) in [6.07, 6.45) is 0. The fourth-order valence-electron chi connectivity index (χ4n) is 1.56. The van der Waals surface area contributed by atoms with Gasteiger partial charge in [0.15, 0.2) is 5.15 Å². The second-order valence-electron chi connectivity index (χ2n) is 3.48. The molecule has 0 unspecified atom stereocenters. The predicted molar refractivity (Wildman–Crippen MR) is 68.6 cm³/mol. The summed E-state index contributed by atoms with van der Waals surface area (Å²) in [6, 6.07) is 7.77. The molecule has 0 saturated heterocycles. The number of ether oxygens (including phenoxy) is 1. The van der Waals surface area contributed by atoms with Crippen molar-refractivity contribution in [1.29, 1.82) is 0 Å². The summed E-state index contributed by atoms with van der Waals surface area (Å²) in [5, 5.41) is 0.195. The molecule has 3 nitrogen and oxygen atoms in total. The molecule has 0 amide bonds. The summed E-state index contributed by atoms with van der Waals surface area (Å²) in [4.78, 5) is 12.4. The number of carbonyl (C=O) groups is 1. The average molecular weight is 268 g/mol. The SMILES string of the molecule is COC(=O)c1c(Cl)nsc1-c1ccccc1C. The van der Waals surface area contributed by atoms with E-state index >= 15 is 0 Å². The van der Waals surface area contributed by atoms with Crippen LogP contribution < -0.4 is 0 Å². The lowest BCUT2D eigenvalue weighted by molar-refractivity contribution is 0.0602. The Morgan fingerprint density at radius 1 is 1.41 bits per heavy atom. The Morgan fingerprint density at radius 3 is 2.76 bits per heavy atom. The molecule has 2 aromatic rings. The van der Waals surface area contributed by atoms with Gasteiger partial charge in [0.05, 0.1) is 12.0 Å². The smallest absolute Gasteiger partial charge is 0.342 e. The van der Waals surface area contributed by atoms with Crippen molar-refractivity contribution in [3.05, 3.63) is 40.5 Å². The first-order chi connectivity index (χ1) is 8.15. The van der Waals surface area contributed by atoms with E-state index in [1.807, 2.05) is 31.2 Å². The van der Waals surface area contributed by atoms with Crippen molar-refractivity contribution in [1.82, 2.24) is 4.37 Å². The lowest BCUT2D eigenvalue weighted by Gasteiger charge is -2.04. The van der Waals surface area contributed by atoms with Crippen molar-refractivity contribution in [2.45, 2.75) is 6.92 Å². The molecular formula is C12H10ClNO2S. The number of aryl methyl sites for hydroxylation is 1. The molecule has 5 heteroatoms. The number of aromatic nitrogens is 1. The maximum absolute atomic E-state index is 11.7. The van der Waals surface area contributed by atoms with Gasteiger partial charge in [-0.15, -0.1) is 0 Å². The molecule has 0 aliphatic rings. The minimum absolute atomic E-state index is 0.195. The van der Waals surface area contributed by atoms with Crippen LogP contribution in [-0.4, -0.2) is 17.5 Å². The average Bonchev–Trinajstić information content (AvgIpc) is 2.71. The number of benzene rings is 1. The molecule has 0 atom stereocenters. The molecule has 2 rings (SSSR count). The fraction of sp³-hybridized carbons (Fsp3) is 0.167. The Hall–Kier alpha value is -1.39. The van der Waals surface area contributed by atoms with E-state index in [1.165, 1.54) is 18.6 Å². The van der Waals surface area contributed by atoms with Crippen molar-refractivity contribution < 1.29 is 9.53 Å². The first kappa shape index (κ1) is 12.1. The maximum atomic E-state index is 11.7. The van der Waals surface area contributed by atoms with Crippen LogP contribution in [0.2, 0.25) is 5.15 Å². The summed E-state index contributed by atoms with van der Waals surface area (Å²) >= 11 is 7.12. The van der Waals surface area contributed by atoms with E-state index in [4.69, 9.17) is 16.3 Å². The lowest BCUT2D eigenvalue weighted by Crippen LogP contribution is -2.02. The fourth-order valence-corrected chi connectivity index (χ4v) is 2.75. The molecule has 0 saturated carbocycles. The van der Waals surface area contributed by atoms with E-state index in [-0.39, 0.29) is 5.15 Å². The van der Waals surface area contributed by atoms with Gasteiger partial charge >= 0.3 is 5.97 Å². The summed E-state index contributed by atoms with van der Waals surface area (Å²) in [5.74, 6) is -0.456. The van der Waals surface area contributed by atoms with E-state index in [0.717, 1.165) is 16.0 Å². The van der Waals surface area contributed by atoms with Crippen molar-refractivity contribution in [2.75, 3.05) is 7.11 Å². The van der Waals surface area contributed by atoms with Crippen molar-refractivity contribution in [2.24, 2.45) is 0 Å². The van der Waals surface area contributed by atoms with Crippen LogP contribution in [0, 0.1) is 6.92 Å². The van der Waals surface area contributed by atoms with E-state index in [9.17, 15) is 4.79 Å². The van der Waals surface area contributed by atoms with Crippen LogP contribution in [0.3, 0.4) is 0 Å². The quantitative estimate of drug-likeness (QED) is 0.781. The first-order valence-electron chi connectivity index (χ1n) is 4.94. The monoisotopic (exact) mass is 267 g/mol. The molecule has 1 heterocycles. The van der Waals surface area contributed by atoms with E-state index in [1.54, 1.807) is 0 Å². The van der Waals surface area contributed by atoms with Gasteiger partial charge in [-0.25, -0.2) is 4.79 Å². The zero-order chi connectivity index (χ0) is 12.4. The molecule has 88 valence electrons. The largest absolute Gasteiger partial charge is 0.465 e. The predicted octanol–water partition coefficient (Wildman–Crippen LogP) is 3.56. The molecular weight excluding hydrogens is 258 g/mol. The van der Waals surface area contributed by atoms with Gasteiger partial charge in [0.2, 0.25) is 0 Å². The van der Waals surface area contributed by atoms with Crippen molar-refractivity contribution in [3.63, 3.8) is 0 Å². The molecule has 17 heavy (non-hydrogen) atoms. The third-order valence-electron chi connectivity index (χ3n) is 2.43. The Balaban J connectivity index is 2.61. The topological polar surface area (TPSA) is 39.2 Å². The third kappa shape index (κ3) is 2.18. The minimum Gasteiger partial charge on any atom is -0.465 e. The zero-order valence-electron chi connectivity index (χ0n) is 9.36. The standard InChI is InChI=1S/C12H10ClNO2S/c1-7-5-3-4-6-8(7)10-9(12(15)16-2)11(13)14-17-10/h3-6H,1-2H3. The molecule has 0 spiro atoms. The van der Waals surface area contributed by atoms with Crippen molar-refractivity contribution >= 4 is 29.1 Å². The van der Waals surface area contributed by atoms with E-state index in [2.05, 4.69) is 4.37 Å². The highest BCUT2D eigenvalue weighted by Crippen LogP contribution is 2.35. The number of halogens is 1. The second kappa shape index (κ2) is 4.85. The third-order valence-corrected chi connectivity index (χ3v) is 3.68. The maximum Gasteiger partial charge on any atom is 0.342 e. The Morgan fingerprint density at radius 2 is 2.12 bits per heavy atom. The number of hydrogen-bond donors (Lipinski definition) is 0. The van der Waals surface area contributed by atoms with Crippen LogP contribution in [0.15, 0.2) is 24.3 Å². The summed E-state index contributed by atoms with van der Waals surface area (Å²) in [5.41, 5.74) is 2.36. The van der Waals surface area contributed by atoms with Gasteiger partial charge in [-0.3, -0.25) is 0 Å². The van der Waals surface area contributed by atoms with Gasteiger partial charge in [-0.1, -0.05) is 35.9 Å². The first-order valence-corrected chi connectivity index (χ1v) is 6.09. The summed E-state index contributed by atoms with van der Waals surface area (Å²) < 4.78 is 8.73. The highest BCUT2D eigenvalue weighted by Gasteiger charge is 2.22. The molecule has 0 aliphatic heterocycles. The lowest BCUT2D eigenvalue weighted by atomic mass is 10.1. The van der Waals surface area contributed by atoms with Gasteiger partial charge in [-0.2, -0.15) is 4.37 Å². The van der Waals surface area contributed by atoms with Gasteiger partial charge < -0.3 is 4.74 Å². The number of nitrogens with zero attached hydrogens (tertiary/aromatic N) is 1. The molecule has 0 fully saturated rings. The number of rotatable bonds is 2. The molecule has 0 bridgehead atoms. The van der Waals surface area contributed by atoms with Crippen molar-refractivity contribution in [3.8, 4) is 10.4 Å². The zero-order valence-corrected chi connectivity index (χ0v) is 10.9. The number of methoxy groups -OCH3 is 1. The number of hydrogen-bond acceptors (Lipinski definition) is 4. The highest BCUT2D eigenvalue weighted by atomic mass is 35.5. The summed E-state index contributed by atoms with van der Waals surface area (Å²) in [7, 11) is 1.33. The van der Waals surface area contributed by atoms with Crippen LogP contribution in [0.4, 0.5) is 0 Å². The molecule has 0 radical (unpaired) electrons. The van der Waals surface area contributed by atoms with Crippen LogP contribution in [0.5, 0.6) is 0 Å². The molecule has 1 aromatic carbocycles. The minimum atomic E-state index is -0.456. The second-order valence-corrected chi connectivity index (χ2v) is 4.62. The van der Waals surface area contributed by atoms with Crippen LogP contribution in [0.1, 0.15) is 15.9 Å². The number of carbonyl (C=O) groups excluding carboxylic acids is 1. The van der Waals surface area contributed by atoms with E-state index in [0.29, 0.717) is 5.56 Å².